The van der Waals surface area contributed by atoms with Gasteiger partial charge in [0, 0.05) is 23.4 Å². The van der Waals surface area contributed by atoms with E-state index < -0.39 is 0 Å². The van der Waals surface area contributed by atoms with Crippen molar-refractivity contribution in [2.24, 2.45) is 9.98 Å². The molecule has 0 spiro atoms. The molecule has 0 unspecified atom stereocenters. The molecule has 0 bridgehead atoms. The Morgan fingerprint density at radius 1 is 1.24 bits per heavy atom. The second-order valence-corrected chi connectivity index (χ2v) is 5.81. The first-order valence-corrected chi connectivity index (χ1v) is 8.37. The van der Waals surface area contributed by atoms with Crippen LogP contribution in [0.3, 0.4) is 0 Å². The fourth-order valence-corrected chi connectivity index (χ4v) is 2.87. The number of anilines is 1. The number of nitrogens with one attached hydrogen (secondary N) is 1. The predicted molar refractivity (Wildman–Crippen MR) is 103 cm³/mol. The van der Waals surface area contributed by atoms with E-state index in [1.54, 1.807) is 37.5 Å². The number of rotatable bonds is 5. The average Bonchev–Trinajstić information content (AvgIpc) is 3.11. The highest BCUT2D eigenvalue weighted by molar-refractivity contribution is 7.14. The van der Waals surface area contributed by atoms with E-state index in [2.05, 4.69) is 32.0 Å². The van der Waals surface area contributed by atoms with E-state index in [1.807, 2.05) is 23.6 Å². The van der Waals surface area contributed by atoms with Crippen molar-refractivity contribution in [2.75, 3.05) is 5.32 Å². The van der Waals surface area contributed by atoms with Crippen molar-refractivity contribution in [3.05, 3.63) is 53.5 Å². The Bertz CT molecular complexity index is 934. The number of hydrogen-bond donors (Lipinski definition) is 1. The van der Waals surface area contributed by atoms with E-state index in [9.17, 15) is 4.79 Å². The molecule has 2 aromatic heterocycles. The summed E-state index contributed by atoms with van der Waals surface area (Å²) in [6.45, 7) is 5.31. The van der Waals surface area contributed by atoms with Gasteiger partial charge in [-0.05, 0) is 44.0 Å². The fraction of sp³-hybridized carbons (Fsp3) is 0.0556. The topological polar surface area (TPSA) is 79.6 Å². The summed E-state index contributed by atoms with van der Waals surface area (Å²) in [6, 6.07) is 10.7. The molecule has 1 aromatic carbocycles. The predicted octanol–water partition coefficient (Wildman–Crippen LogP) is 4.51. The minimum atomic E-state index is -0.259. The van der Waals surface area contributed by atoms with Gasteiger partial charge in [-0.3, -0.25) is 25.1 Å². The maximum atomic E-state index is 12.5. The largest absolute Gasteiger partial charge is 0.298 e. The van der Waals surface area contributed by atoms with Gasteiger partial charge >= 0.3 is 0 Å². The van der Waals surface area contributed by atoms with Crippen LogP contribution in [0.2, 0.25) is 0 Å². The number of aliphatic imine (C=N–C) groups is 2. The number of hydrogen-bond acceptors (Lipinski definition) is 6. The molecule has 0 radical (unpaired) electrons. The van der Waals surface area contributed by atoms with E-state index in [4.69, 9.17) is 0 Å². The number of aromatic nitrogens is 2. The molecule has 3 rings (SSSR count). The van der Waals surface area contributed by atoms with Crippen molar-refractivity contribution in [3.63, 3.8) is 0 Å². The highest BCUT2D eigenvalue weighted by Crippen LogP contribution is 2.29. The molecule has 0 aliphatic rings. The third kappa shape index (κ3) is 3.84. The number of nitrogens with zero attached hydrogens (tertiary/aromatic N) is 4. The maximum Gasteiger partial charge on any atom is 0.257 e. The first kappa shape index (κ1) is 16.7. The van der Waals surface area contributed by atoms with Crippen molar-refractivity contribution >= 4 is 46.7 Å². The lowest BCUT2D eigenvalue weighted by atomic mass is 10.1. The van der Waals surface area contributed by atoms with E-state index in [0.29, 0.717) is 22.1 Å². The summed E-state index contributed by atoms with van der Waals surface area (Å²) in [5, 5.41) is 5.17. The Morgan fingerprint density at radius 2 is 2.12 bits per heavy atom. The molecule has 2 heterocycles. The van der Waals surface area contributed by atoms with E-state index in [0.717, 1.165) is 11.4 Å². The van der Waals surface area contributed by atoms with Gasteiger partial charge in [-0.2, -0.15) is 0 Å². The number of pyridine rings is 1. The Kier molecular flexibility index (Phi) is 5.06. The van der Waals surface area contributed by atoms with Crippen LogP contribution in [-0.4, -0.2) is 28.8 Å². The minimum Gasteiger partial charge on any atom is -0.298 e. The molecule has 0 fully saturated rings. The van der Waals surface area contributed by atoms with Crippen molar-refractivity contribution in [3.8, 4) is 11.4 Å². The first-order chi connectivity index (χ1) is 12.2. The highest BCUT2D eigenvalue weighted by Gasteiger charge is 2.12. The number of thiazole rings is 1. The lowest BCUT2D eigenvalue weighted by molar-refractivity contribution is 0.102. The molecule has 6 nitrogen and oxygen atoms in total. The molecule has 3 aromatic rings. The second kappa shape index (κ2) is 7.59. The van der Waals surface area contributed by atoms with Crippen LogP contribution in [0.15, 0.2) is 58.0 Å². The summed E-state index contributed by atoms with van der Waals surface area (Å²) in [5.74, 6) is -0.259. The summed E-state index contributed by atoms with van der Waals surface area (Å²) in [7, 11) is 0. The van der Waals surface area contributed by atoms with Crippen LogP contribution in [0.4, 0.5) is 16.5 Å². The van der Waals surface area contributed by atoms with Gasteiger partial charge in [-0.25, -0.2) is 4.98 Å². The van der Waals surface area contributed by atoms with E-state index >= 15 is 0 Å². The fourth-order valence-electron chi connectivity index (χ4n) is 2.17. The number of carbonyl (C=O) groups excluding carboxylic acids is 1. The summed E-state index contributed by atoms with van der Waals surface area (Å²) in [4.78, 5) is 29.2. The molecular formula is C18H15N5OS. The standard InChI is InChI=1S/C18H15N5OS/c1-3-20-15-10-12(7-8-13(15)19-2)17(24)23-18-22-16(11-25-18)14-6-4-5-9-21-14/h3-11H,2H2,1H3,(H,22,23,24)/b20-3-. The molecule has 0 aliphatic heterocycles. The van der Waals surface area contributed by atoms with Gasteiger partial charge in [0.05, 0.1) is 17.1 Å². The summed E-state index contributed by atoms with van der Waals surface area (Å²) >= 11 is 1.35. The van der Waals surface area contributed by atoms with Crippen LogP contribution in [-0.2, 0) is 0 Å². The van der Waals surface area contributed by atoms with Crippen LogP contribution in [0.5, 0.6) is 0 Å². The SMILES string of the molecule is C=Nc1ccc(C(=O)Nc2nc(-c3ccccn3)cs2)cc1/N=C\C. The van der Waals surface area contributed by atoms with Crippen LogP contribution in [0.1, 0.15) is 17.3 Å². The average molecular weight is 349 g/mol. The molecule has 0 atom stereocenters. The maximum absolute atomic E-state index is 12.5. The van der Waals surface area contributed by atoms with Crippen LogP contribution in [0, 0.1) is 0 Å². The number of amides is 1. The van der Waals surface area contributed by atoms with Crippen molar-refractivity contribution in [1.29, 1.82) is 0 Å². The zero-order valence-electron chi connectivity index (χ0n) is 13.5. The highest BCUT2D eigenvalue weighted by atomic mass is 32.1. The third-order valence-corrected chi connectivity index (χ3v) is 4.09. The molecule has 0 saturated heterocycles. The quantitative estimate of drug-likeness (QED) is 0.688. The van der Waals surface area contributed by atoms with E-state index in [-0.39, 0.29) is 5.91 Å². The smallest absolute Gasteiger partial charge is 0.257 e. The van der Waals surface area contributed by atoms with Crippen LogP contribution >= 0.6 is 11.3 Å². The lowest BCUT2D eigenvalue weighted by Crippen LogP contribution is -2.11. The summed E-state index contributed by atoms with van der Waals surface area (Å²) < 4.78 is 0. The summed E-state index contributed by atoms with van der Waals surface area (Å²) in [5.41, 5.74) is 3.19. The second-order valence-electron chi connectivity index (χ2n) is 4.96. The Hall–Kier alpha value is -3.19. The zero-order chi connectivity index (χ0) is 17.6. The van der Waals surface area contributed by atoms with E-state index in [1.165, 1.54) is 11.3 Å². The third-order valence-electron chi connectivity index (χ3n) is 3.33. The zero-order valence-corrected chi connectivity index (χ0v) is 14.3. The van der Waals surface area contributed by atoms with Gasteiger partial charge in [0.25, 0.3) is 5.91 Å². The molecule has 25 heavy (non-hydrogen) atoms. The Labute approximate surface area is 149 Å². The van der Waals surface area contributed by atoms with Crippen molar-refractivity contribution < 1.29 is 4.79 Å². The monoisotopic (exact) mass is 349 g/mol. The minimum absolute atomic E-state index is 0.259. The van der Waals surface area contributed by atoms with Gasteiger partial charge in [0.15, 0.2) is 5.13 Å². The molecule has 7 heteroatoms. The molecule has 1 amide bonds. The first-order valence-electron chi connectivity index (χ1n) is 7.49. The van der Waals surface area contributed by atoms with Gasteiger partial charge in [0.2, 0.25) is 0 Å². The molecule has 1 N–H and O–H groups in total. The molecule has 0 saturated carbocycles. The Balaban J connectivity index is 1.80. The lowest BCUT2D eigenvalue weighted by Gasteiger charge is -2.05. The van der Waals surface area contributed by atoms with Gasteiger partial charge < -0.3 is 0 Å². The number of benzene rings is 1. The van der Waals surface area contributed by atoms with Gasteiger partial charge in [0.1, 0.15) is 5.69 Å². The van der Waals surface area contributed by atoms with Gasteiger partial charge in [-0.1, -0.05) is 6.07 Å². The van der Waals surface area contributed by atoms with Gasteiger partial charge in [-0.15, -0.1) is 11.3 Å². The van der Waals surface area contributed by atoms with Crippen LogP contribution in [0.25, 0.3) is 11.4 Å². The normalized spacial score (nSPS) is 10.8. The molecular weight excluding hydrogens is 334 g/mol. The van der Waals surface area contributed by atoms with Crippen molar-refractivity contribution in [2.45, 2.75) is 6.92 Å². The Morgan fingerprint density at radius 3 is 2.84 bits per heavy atom. The molecule has 124 valence electrons. The van der Waals surface area contributed by atoms with Crippen molar-refractivity contribution in [1.82, 2.24) is 9.97 Å². The van der Waals surface area contributed by atoms with Crippen LogP contribution < -0.4 is 5.32 Å². The number of carbonyl (C=O) groups is 1. The molecule has 0 aliphatic carbocycles. The summed E-state index contributed by atoms with van der Waals surface area (Å²) in [6.07, 6.45) is 3.35.